The van der Waals surface area contributed by atoms with Crippen molar-refractivity contribution >= 4 is 17.6 Å². The lowest BCUT2D eigenvalue weighted by atomic mass is 10.0. The number of hydrogen-bond acceptors (Lipinski definition) is 2. The Morgan fingerprint density at radius 1 is 1.06 bits per heavy atom. The molecule has 0 heterocycles. The highest BCUT2D eigenvalue weighted by Gasteiger charge is 1.99. The zero-order valence-electron chi connectivity index (χ0n) is 9.02. The van der Waals surface area contributed by atoms with Crippen molar-refractivity contribution in [2.24, 2.45) is 0 Å². The van der Waals surface area contributed by atoms with Gasteiger partial charge in [-0.1, -0.05) is 48.0 Å². The van der Waals surface area contributed by atoms with Gasteiger partial charge in [-0.3, -0.25) is 0 Å². The number of carboxylic acids is 1. The maximum absolute atomic E-state index is 10.5. The molecule has 2 rings (SSSR count). The molecule has 2 aromatic rings. The summed E-state index contributed by atoms with van der Waals surface area (Å²) >= 11 is 5.81. The van der Waals surface area contributed by atoms with Crippen LogP contribution in [0.3, 0.4) is 0 Å². The average Bonchev–Trinajstić information content (AvgIpc) is 2.29. The third-order valence-electron chi connectivity index (χ3n) is 2.45. The lowest BCUT2D eigenvalue weighted by Gasteiger charge is -2.06. The molecule has 0 saturated carbocycles. The minimum Gasteiger partial charge on any atom is -0.550 e. The highest BCUT2D eigenvalue weighted by Crippen LogP contribution is 2.22. The van der Waals surface area contributed by atoms with Crippen LogP contribution in [0.15, 0.2) is 48.5 Å². The van der Waals surface area contributed by atoms with Crippen molar-refractivity contribution in [3.8, 4) is 11.1 Å². The van der Waals surface area contributed by atoms with Gasteiger partial charge in [0.1, 0.15) is 0 Å². The van der Waals surface area contributed by atoms with E-state index in [1.807, 2.05) is 42.5 Å². The first-order valence-corrected chi connectivity index (χ1v) is 5.58. The van der Waals surface area contributed by atoms with E-state index in [4.69, 9.17) is 11.6 Å². The maximum atomic E-state index is 10.5. The fourth-order valence-electron chi connectivity index (χ4n) is 1.67. The van der Waals surface area contributed by atoms with Crippen LogP contribution in [0.2, 0.25) is 5.02 Å². The second-order valence-electron chi connectivity index (χ2n) is 3.76. The molecule has 17 heavy (non-hydrogen) atoms. The summed E-state index contributed by atoms with van der Waals surface area (Å²) in [5.74, 6) is -1.07. The van der Waals surface area contributed by atoms with Crippen LogP contribution < -0.4 is 5.11 Å². The van der Waals surface area contributed by atoms with Gasteiger partial charge in [0.2, 0.25) is 0 Å². The Labute approximate surface area is 104 Å². The number of halogens is 1. The first kappa shape index (κ1) is 11.7. The summed E-state index contributed by atoms with van der Waals surface area (Å²) in [4.78, 5) is 10.5. The van der Waals surface area contributed by atoms with Crippen LogP contribution in [0, 0.1) is 0 Å². The fourth-order valence-corrected chi connectivity index (χ4v) is 1.80. The van der Waals surface area contributed by atoms with Gasteiger partial charge in [-0.25, -0.2) is 0 Å². The molecule has 86 valence electrons. The van der Waals surface area contributed by atoms with E-state index in [-0.39, 0.29) is 6.42 Å². The minimum atomic E-state index is -1.07. The number of carbonyl (C=O) groups excluding carboxylic acids is 1. The molecule has 0 unspecified atom stereocenters. The predicted molar refractivity (Wildman–Crippen MR) is 65.6 cm³/mol. The summed E-state index contributed by atoms with van der Waals surface area (Å²) in [5, 5.41) is 11.2. The molecule has 0 aliphatic carbocycles. The minimum absolute atomic E-state index is 0.0680. The summed E-state index contributed by atoms with van der Waals surface area (Å²) < 4.78 is 0. The SMILES string of the molecule is O=C([O-])Cc1cccc(-c2ccc(Cl)cc2)c1. The molecule has 3 heteroatoms. The molecule has 0 aliphatic rings. The molecule has 0 amide bonds. The molecule has 0 spiro atoms. The highest BCUT2D eigenvalue weighted by atomic mass is 35.5. The Kier molecular flexibility index (Phi) is 3.45. The van der Waals surface area contributed by atoms with Crippen molar-refractivity contribution in [2.75, 3.05) is 0 Å². The van der Waals surface area contributed by atoms with Crippen LogP contribution in [0.25, 0.3) is 11.1 Å². The largest absolute Gasteiger partial charge is 0.550 e. The van der Waals surface area contributed by atoms with Gasteiger partial charge < -0.3 is 9.90 Å². The van der Waals surface area contributed by atoms with Crippen LogP contribution in [0.1, 0.15) is 5.56 Å². The first-order valence-electron chi connectivity index (χ1n) is 5.20. The molecule has 0 atom stereocenters. The van der Waals surface area contributed by atoms with Crippen molar-refractivity contribution in [1.82, 2.24) is 0 Å². The monoisotopic (exact) mass is 245 g/mol. The summed E-state index contributed by atoms with van der Waals surface area (Å²) in [5.41, 5.74) is 2.72. The second kappa shape index (κ2) is 5.02. The van der Waals surface area contributed by atoms with Gasteiger partial charge in [0, 0.05) is 17.4 Å². The molecule has 0 N–H and O–H groups in total. The van der Waals surface area contributed by atoms with Gasteiger partial charge in [-0.05, 0) is 28.8 Å². The van der Waals surface area contributed by atoms with Gasteiger partial charge in [0.15, 0.2) is 0 Å². The zero-order valence-corrected chi connectivity index (χ0v) is 9.78. The van der Waals surface area contributed by atoms with Crippen molar-refractivity contribution < 1.29 is 9.90 Å². The summed E-state index contributed by atoms with van der Waals surface area (Å²) in [7, 11) is 0. The summed E-state index contributed by atoms with van der Waals surface area (Å²) in [6, 6.07) is 14.8. The van der Waals surface area contributed by atoms with Gasteiger partial charge in [-0.2, -0.15) is 0 Å². The third kappa shape index (κ3) is 3.08. The van der Waals surface area contributed by atoms with Crippen molar-refractivity contribution in [3.63, 3.8) is 0 Å². The number of carbonyl (C=O) groups is 1. The molecule has 2 nitrogen and oxygen atoms in total. The van der Waals surface area contributed by atoms with Gasteiger partial charge in [-0.15, -0.1) is 0 Å². The van der Waals surface area contributed by atoms with E-state index in [0.717, 1.165) is 16.7 Å². The van der Waals surface area contributed by atoms with Gasteiger partial charge in [0.25, 0.3) is 0 Å². The van der Waals surface area contributed by atoms with E-state index in [9.17, 15) is 9.90 Å². The number of rotatable bonds is 3. The Morgan fingerprint density at radius 2 is 1.76 bits per heavy atom. The average molecular weight is 246 g/mol. The van der Waals surface area contributed by atoms with Gasteiger partial charge in [0.05, 0.1) is 0 Å². The molecular formula is C14H10ClO2-. The Hall–Kier alpha value is -1.80. The van der Waals surface area contributed by atoms with E-state index in [2.05, 4.69) is 0 Å². The number of hydrogen-bond donors (Lipinski definition) is 0. The lowest BCUT2D eigenvalue weighted by molar-refractivity contribution is -0.304. The van der Waals surface area contributed by atoms with E-state index in [0.29, 0.717) is 5.02 Å². The van der Waals surface area contributed by atoms with E-state index in [1.165, 1.54) is 0 Å². The molecule has 0 fully saturated rings. The van der Waals surface area contributed by atoms with Crippen LogP contribution >= 0.6 is 11.6 Å². The predicted octanol–water partition coefficient (Wildman–Crippen LogP) is 2.30. The summed E-state index contributed by atoms with van der Waals surface area (Å²) in [6.45, 7) is 0. The van der Waals surface area contributed by atoms with Crippen LogP contribution in [-0.2, 0) is 11.2 Å². The van der Waals surface area contributed by atoms with Crippen LogP contribution in [0.5, 0.6) is 0 Å². The van der Waals surface area contributed by atoms with Gasteiger partial charge >= 0.3 is 0 Å². The standard InChI is InChI=1S/C14H11ClO2/c15-13-6-4-11(5-7-13)12-3-1-2-10(8-12)9-14(16)17/h1-8H,9H2,(H,16,17)/p-1. The van der Waals surface area contributed by atoms with E-state index in [1.54, 1.807) is 6.07 Å². The topological polar surface area (TPSA) is 40.1 Å². The number of aliphatic carboxylic acids is 1. The molecule has 0 radical (unpaired) electrons. The zero-order chi connectivity index (χ0) is 12.3. The molecule has 0 saturated heterocycles. The number of carboxylic acid groups (broad SMARTS) is 1. The van der Waals surface area contributed by atoms with E-state index >= 15 is 0 Å². The highest BCUT2D eigenvalue weighted by molar-refractivity contribution is 6.30. The summed E-state index contributed by atoms with van der Waals surface area (Å²) in [6.07, 6.45) is -0.0680. The maximum Gasteiger partial charge on any atom is 0.0458 e. The fraction of sp³-hybridized carbons (Fsp3) is 0.0714. The first-order chi connectivity index (χ1) is 8.15. The molecule has 0 aliphatic heterocycles. The van der Waals surface area contributed by atoms with Crippen molar-refractivity contribution in [2.45, 2.75) is 6.42 Å². The Morgan fingerprint density at radius 3 is 2.41 bits per heavy atom. The molecule has 2 aromatic carbocycles. The third-order valence-corrected chi connectivity index (χ3v) is 2.70. The van der Waals surface area contributed by atoms with Crippen LogP contribution in [-0.4, -0.2) is 5.97 Å². The molecular weight excluding hydrogens is 236 g/mol. The quantitative estimate of drug-likeness (QED) is 0.833. The second-order valence-corrected chi connectivity index (χ2v) is 4.19. The lowest BCUT2D eigenvalue weighted by Crippen LogP contribution is -2.24. The number of benzene rings is 2. The smallest absolute Gasteiger partial charge is 0.0458 e. The molecule has 0 bridgehead atoms. The van der Waals surface area contributed by atoms with Crippen molar-refractivity contribution in [1.29, 1.82) is 0 Å². The van der Waals surface area contributed by atoms with E-state index < -0.39 is 5.97 Å². The Balaban J connectivity index is 2.32. The molecule has 0 aromatic heterocycles. The van der Waals surface area contributed by atoms with Crippen molar-refractivity contribution in [3.05, 3.63) is 59.1 Å². The Bertz CT molecular complexity index is 532. The normalized spacial score (nSPS) is 10.2. The van der Waals surface area contributed by atoms with Crippen LogP contribution in [0.4, 0.5) is 0 Å².